The highest BCUT2D eigenvalue weighted by Gasteiger charge is 2.24. The number of rotatable bonds is 24. The van der Waals surface area contributed by atoms with Crippen LogP contribution in [0, 0.1) is 0 Å². The minimum absolute atomic E-state index is 0.0410. The summed E-state index contributed by atoms with van der Waals surface area (Å²) in [4.78, 5) is 21.5. The molecule has 1 atom stereocenters. The van der Waals surface area contributed by atoms with E-state index in [1.54, 1.807) is 0 Å². The van der Waals surface area contributed by atoms with Gasteiger partial charge in [0.1, 0.15) is 0 Å². The first kappa shape index (κ1) is 31.5. The number of carbonyl (C=O) groups is 1. The second-order valence-corrected chi connectivity index (χ2v) is 9.91. The zero-order valence-electron chi connectivity index (χ0n) is 21.1. The van der Waals surface area contributed by atoms with Crippen LogP contribution in [0.4, 0.5) is 0 Å². The fraction of sp³-hybridized carbons (Fsp3) is 0.958. The first-order chi connectivity index (χ1) is 15.4. The van der Waals surface area contributed by atoms with E-state index in [9.17, 15) is 14.3 Å². The molecule has 1 amide bonds. The van der Waals surface area contributed by atoms with Gasteiger partial charge in [-0.25, -0.2) is 4.57 Å². The van der Waals surface area contributed by atoms with E-state index in [0.717, 1.165) is 12.8 Å². The van der Waals surface area contributed by atoms with Crippen LogP contribution >= 0.6 is 7.82 Å². The summed E-state index contributed by atoms with van der Waals surface area (Å²) < 4.78 is 21.6. The number of hydrogen-bond acceptors (Lipinski definition) is 5. The summed E-state index contributed by atoms with van der Waals surface area (Å²) in [5.41, 5.74) is 0. The molecule has 0 radical (unpaired) electrons. The molecule has 0 fully saturated rings. The number of nitrogens with zero attached hydrogens (tertiary/aromatic N) is 1. The molecule has 0 heterocycles. The normalized spacial score (nSPS) is 13.4. The highest BCUT2D eigenvalue weighted by molar-refractivity contribution is 7.47. The number of phosphoric ester groups is 1. The van der Waals surface area contributed by atoms with Crippen molar-refractivity contribution >= 4 is 13.7 Å². The molecule has 0 saturated carbocycles. The molecule has 0 aromatic carbocycles. The van der Waals surface area contributed by atoms with Crippen LogP contribution in [0.5, 0.6) is 0 Å². The molecule has 192 valence electrons. The first-order valence-electron chi connectivity index (χ1n) is 13.1. The van der Waals surface area contributed by atoms with Crippen molar-refractivity contribution in [3.63, 3.8) is 0 Å². The molecule has 0 saturated heterocycles. The Morgan fingerprint density at radius 2 is 1.22 bits per heavy atom. The topological polar surface area (TPSA) is 88.1 Å². The lowest BCUT2D eigenvalue weighted by Gasteiger charge is -2.20. The third-order valence-corrected chi connectivity index (χ3v) is 6.56. The second-order valence-electron chi connectivity index (χ2n) is 8.55. The van der Waals surface area contributed by atoms with E-state index in [-0.39, 0.29) is 19.1 Å². The minimum Gasteiger partial charge on any atom is -0.354 e. The van der Waals surface area contributed by atoms with Crippen LogP contribution in [0.2, 0.25) is 0 Å². The maximum absolute atomic E-state index is 11.8. The second kappa shape index (κ2) is 22.3. The monoisotopic (exact) mass is 478 g/mol. The average molecular weight is 479 g/mol. The Bertz CT molecular complexity index is 475. The predicted molar refractivity (Wildman–Crippen MR) is 132 cm³/mol. The van der Waals surface area contributed by atoms with Crippen molar-refractivity contribution in [2.24, 2.45) is 0 Å². The van der Waals surface area contributed by atoms with Crippen molar-refractivity contribution in [3.05, 3.63) is 0 Å². The average Bonchev–Trinajstić information content (AvgIpc) is 2.77. The summed E-state index contributed by atoms with van der Waals surface area (Å²) in [7, 11) is -4.12. The van der Waals surface area contributed by atoms with Gasteiger partial charge in [0.25, 0.3) is 0 Å². The SMILES string of the molecule is CCCCCCCCCCCCCCCCCC(=O)NCCOP(=O)(O)ON(CC)CC. The summed E-state index contributed by atoms with van der Waals surface area (Å²) in [6.07, 6.45) is 20.0. The van der Waals surface area contributed by atoms with Gasteiger partial charge in [-0.2, -0.15) is 9.69 Å². The molecule has 0 aliphatic carbocycles. The summed E-state index contributed by atoms with van der Waals surface area (Å²) >= 11 is 0. The van der Waals surface area contributed by atoms with Crippen molar-refractivity contribution in [1.29, 1.82) is 0 Å². The molecule has 0 bridgehead atoms. The van der Waals surface area contributed by atoms with Crippen LogP contribution in [0.25, 0.3) is 0 Å². The van der Waals surface area contributed by atoms with E-state index < -0.39 is 7.82 Å². The van der Waals surface area contributed by atoms with Gasteiger partial charge in [0.2, 0.25) is 5.91 Å². The number of hydroxylamine groups is 2. The number of unbranched alkanes of at least 4 members (excludes halogenated alkanes) is 14. The van der Waals surface area contributed by atoms with E-state index in [0.29, 0.717) is 19.5 Å². The van der Waals surface area contributed by atoms with Crippen molar-refractivity contribution in [1.82, 2.24) is 10.4 Å². The number of phosphoric acid groups is 1. The minimum atomic E-state index is -4.12. The lowest BCUT2D eigenvalue weighted by Crippen LogP contribution is -2.27. The van der Waals surface area contributed by atoms with E-state index in [2.05, 4.69) is 12.2 Å². The van der Waals surface area contributed by atoms with Gasteiger partial charge < -0.3 is 10.2 Å². The number of carbonyl (C=O) groups excluding carboxylic acids is 1. The lowest BCUT2D eigenvalue weighted by atomic mass is 10.0. The van der Waals surface area contributed by atoms with Crippen molar-refractivity contribution in [2.75, 3.05) is 26.2 Å². The molecule has 0 spiro atoms. The van der Waals surface area contributed by atoms with Gasteiger partial charge in [-0.05, 0) is 6.42 Å². The standard InChI is InChI=1S/C24H51N2O5P/c1-4-7-8-9-10-11-12-13-14-15-16-17-18-19-20-21-24(27)25-22-23-30-32(28,29)31-26(5-2)6-3/h4-23H2,1-3H3,(H,25,27)(H,28,29). The Labute approximate surface area is 197 Å². The Morgan fingerprint density at radius 3 is 1.66 bits per heavy atom. The fourth-order valence-corrected chi connectivity index (χ4v) is 4.50. The van der Waals surface area contributed by atoms with Crippen LogP contribution in [0.3, 0.4) is 0 Å². The molecular formula is C24H51N2O5P. The van der Waals surface area contributed by atoms with Gasteiger partial charge in [-0.1, -0.05) is 111 Å². The lowest BCUT2D eigenvalue weighted by molar-refractivity contribution is -0.121. The van der Waals surface area contributed by atoms with Gasteiger partial charge in [0, 0.05) is 26.1 Å². The number of amides is 1. The molecule has 1 unspecified atom stereocenters. The molecule has 0 aromatic heterocycles. The van der Waals surface area contributed by atoms with E-state index in [1.165, 1.54) is 88.5 Å². The van der Waals surface area contributed by atoms with E-state index in [4.69, 9.17) is 9.15 Å². The van der Waals surface area contributed by atoms with Gasteiger partial charge in [0.05, 0.1) is 6.61 Å². The number of hydrogen-bond donors (Lipinski definition) is 2. The fourth-order valence-electron chi connectivity index (χ4n) is 3.61. The molecule has 0 aliphatic heterocycles. The third kappa shape index (κ3) is 21.4. The summed E-state index contributed by atoms with van der Waals surface area (Å²) in [5.74, 6) is -0.0410. The third-order valence-electron chi connectivity index (χ3n) is 5.61. The molecule has 2 N–H and O–H groups in total. The van der Waals surface area contributed by atoms with Crippen molar-refractivity contribution in [2.45, 2.75) is 124 Å². The van der Waals surface area contributed by atoms with Gasteiger partial charge in [-0.3, -0.25) is 9.32 Å². The zero-order valence-corrected chi connectivity index (χ0v) is 22.0. The molecular weight excluding hydrogens is 427 g/mol. The van der Waals surface area contributed by atoms with Crippen LogP contribution in [0.1, 0.15) is 124 Å². The molecule has 7 nitrogen and oxygen atoms in total. The molecule has 32 heavy (non-hydrogen) atoms. The first-order valence-corrected chi connectivity index (χ1v) is 14.6. The van der Waals surface area contributed by atoms with Crippen LogP contribution < -0.4 is 5.32 Å². The number of nitrogens with one attached hydrogen (secondary N) is 1. The summed E-state index contributed by atoms with van der Waals surface area (Å²) in [5, 5.41) is 4.08. The molecule has 8 heteroatoms. The van der Waals surface area contributed by atoms with Gasteiger partial charge >= 0.3 is 7.82 Å². The van der Waals surface area contributed by atoms with Crippen LogP contribution in [-0.2, 0) is 18.5 Å². The molecule has 0 rings (SSSR count). The summed E-state index contributed by atoms with van der Waals surface area (Å²) in [6, 6.07) is 0. The smallest absolute Gasteiger partial charge is 0.354 e. The Balaban J connectivity index is 3.41. The van der Waals surface area contributed by atoms with E-state index in [1.807, 2.05) is 13.8 Å². The highest BCUT2D eigenvalue weighted by atomic mass is 31.2. The Kier molecular flexibility index (Phi) is 22.0. The van der Waals surface area contributed by atoms with Gasteiger partial charge in [-0.15, -0.1) is 0 Å². The van der Waals surface area contributed by atoms with Gasteiger partial charge in [0.15, 0.2) is 0 Å². The quantitative estimate of drug-likeness (QED) is 0.0906. The Morgan fingerprint density at radius 1 is 0.781 bits per heavy atom. The zero-order chi connectivity index (χ0) is 23.9. The molecule has 0 aliphatic rings. The van der Waals surface area contributed by atoms with Crippen LogP contribution in [-0.4, -0.2) is 42.1 Å². The largest absolute Gasteiger partial charge is 0.489 e. The maximum Gasteiger partial charge on any atom is 0.489 e. The molecule has 0 aromatic rings. The predicted octanol–water partition coefficient (Wildman–Crippen LogP) is 6.75. The van der Waals surface area contributed by atoms with E-state index >= 15 is 0 Å². The Hall–Kier alpha value is -0.460. The maximum atomic E-state index is 11.8. The van der Waals surface area contributed by atoms with Crippen molar-refractivity contribution < 1.29 is 23.4 Å². The van der Waals surface area contributed by atoms with Crippen LogP contribution in [0.15, 0.2) is 0 Å². The van der Waals surface area contributed by atoms with Crippen molar-refractivity contribution in [3.8, 4) is 0 Å². The highest BCUT2D eigenvalue weighted by Crippen LogP contribution is 2.43. The summed E-state index contributed by atoms with van der Waals surface area (Å²) in [6.45, 7) is 7.02.